The maximum atomic E-state index is 4.50. The highest BCUT2D eigenvalue weighted by Gasteiger charge is 1.91. The standard InChI is InChI=1S/C24H48N2/c1-3-5-6-7-8-9-10-11-12-13-14-15-16-17-18-19-22-26-24-20-23-25-21-4-2/h11-12,24-25H,3-10,13-23H2,1-2H3. The molecule has 0 unspecified atom stereocenters. The van der Waals surface area contributed by atoms with Gasteiger partial charge in [0.1, 0.15) is 0 Å². The van der Waals surface area contributed by atoms with Crippen LogP contribution in [0.2, 0.25) is 0 Å². The Morgan fingerprint density at radius 2 is 1.15 bits per heavy atom. The van der Waals surface area contributed by atoms with Crippen molar-refractivity contribution in [2.45, 2.75) is 117 Å². The van der Waals surface area contributed by atoms with Crippen molar-refractivity contribution >= 4 is 6.21 Å². The summed E-state index contributed by atoms with van der Waals surface area (Å²) in [5.41, 5.74) is 0. The summed E-state index contributed by atoms with van der Waals surface area (Å²) < 4.78 is 0. The zero-order valence-electron chi connectivity index (χ0n) is 18.1. The van der Waals surface area contributed by atoms with Gasteiger partial charge in [-0.3, -0.25) is 4.99 Å². The Hall–Kier alpha value is -0.630. The minimum absolute atomic E-state index is 1.02. The van der Waals surface area contributed by atoms with Crippen LogP contribution in [0, 0.1) is 0 Å². The first-order valence-corrected chi connectivity index (χ1v) is 11.8. The summed E-state index contributed by atoms with van der Waals surface area (Å²) >= 11 is 0. The lowest BCUT2D eigenvalue weighted by Gasteiger charge is -2.00. The van der Waals surface area contributed by atoms with E-state index in [-0.39, 0.29) is 0 Å². The molecule has 0 amide bonds. The number of rotatable bonds is 21. The predicted molar refractivity (Wildman–Crippen MR) is 121 cm³/mol. The molecule has 1 N–H and O–H groups in total. The summed E-state index contributed by atoms with van der Waals surface area (Å²) in [5, 5.41) is 3.40. The fraction of sp³-hybridized carbons (Fsp3) is 0.875. The van der Waals surface area contributed by atoms with Gasteiger partial charge in [-0.15, -0.1) is 0 Å². The lowest BCUT2D eigenvalue weighted by Crippen LogP contribution is -2.16. The van der Waals surface area contributed by atoms with Crippen molar-refractivity contribution in [3.8, 4) is 0 Å². The molecule has 0 rings (SSSR count). The average molecular weight is 365 g/mol. The van der Waals surface area contributed by atoms with E-state index in [1.807, 2.05) is 0 Å². The molecule has 154 valence electrons. The van der Waals surface area contributed by atoms with Gasteiger partial charge in [0, 0.05) is 13.1 Å². The van der Waals surface area contributed by atoms with E-state index in [0.29, 0.717) is 0 Å². The summed E-state index contributed by atoms with van der Waals surface area (Å²) in [6, 6.07) is 0. The quantitative estimate of drug-likeness (QED) is 0.127. The Kier molecular flexibility index (Phi) is 23.8. The van der Waals surface area contributed by atoms with Crippen LogP contribution in [0.1, 0.15) is 117 Å². The summed E-state index contributed by atoms with van der Waals surface area (Å²) in [7, 11) is 0. The molecule has 0 heterocycles. The third kappa shape index (κ3) is 23.4. The van der Waals surface area contributed by atoms with E-state index in [0.717, 1.165) is 26.1 Å². The molecule has 0 aromatic rings. The predicted octanol–water partition coefficient (Wildman–Crippen LogP) is 7.48. The van der Waals surface area contributed by atoms with Crippen LogP contribution >= 0.6 is 0 Å². The molecular formula is C24H48N2. The highest BCUT2D eigenvalue weighted by molar-refractivity contribution is 5.57. The van der Waals surface area contributed by atoms with Crippen LogP contribution in [0.15, 0.2) is 17.1 Å². The van der Waals surface area contributed by atoms with E-state index in [1.54, 1.807) is 0 Å². The van der Waals surface area contributed by atoms with E-state index in [2.05, 4.69) is 42.5 Å². The fourth-order valence-electron chi connectivity index (χ4n) is 3.10. The van der Waals surface area contributed by atoms with Crippen molar-refractivity contribution in [2.75, 3.05) is 19.6 Å². The van der Waals surface area contributed by atoms with Crippen LogP contribution in [0.4, 0.5) is 0 Å². The van der Waals surface area contributed by atoms with Gasteiger partial charge in [-0.05, 0) is 57.7 Å². The molecule has 0 aromatic carbocycles. The highest BCUT2D eigenvalue weighted by atomic mass is 14.8. The normalized spacial score (nSPS) is 11.9. The van der Waals surface area contributed by atoms with E-state index in [4.69, 9.17) is 0 Å². The summed E-state index contributed by atoms with van der Waals surface area (Å²) in [6.45, 7) is 7.71. The molecule has 0 atom stereocenters. The first-order valence-electron chi connectivity index (χ1n) is 11.8. The van der Waals surface area contributed by atoms with Gasteiger partial charge < -0.3 is 5.32 Å². The maximum absolute atomic E-state index is 4.50. The molecule has 0 aromatic heterocycles. The second-order valence-corrected chi connectivity index (χ2v) is 7.57. The Morgan fingerprint density at radius 1 is 0.577 bits per heavy atom. The average Bonchev–Trinajstić information content (AvgIpc) is 2.66. The minimum Gasteiger partial charge on any atom is -0.316 e. The SMILES string of the molecule is CCCCCCCCC=CCCCCCCCCN=CCCNCCC. The molecular weight excluding hydrogens is 316 g/mol. The van der Waals surface area contributed by atoms with Crippen molar-refractivity contribution in [1.82, 2.24) is 5.32 Å². The van der Waals surface area contributed by atoms with Crippen molar-refractivity contribution in [2.24, 2.45) is 4.99 Å². The zero-order chi connectivity index (χ0) is 19.0. The Labute approximate surface area is 165 Å². The summed E-state index contributed by atoms with van der Waals surface area (Å²) in [6.07, 6.45) is 28.4. The van der Waals surface area contributed by atoms with Crippen LogP contribution in [-0.4, -0.2) is 25.8 Å². The van der Waals surface area contributed by atoms with E-state index < -0.39 is 0 Å². The van der Waals surface area contributed by atoms with Gasteiger partial charge in [0.05, 0.1) is 0 Å². The molecule has 0 saturated carbocycles. The lowest BCUT2D eigenvalue weighted by atomic mass is 10.1. The highest BCUT2D eigenvalue weighted by Crippen LogP contribution is 2.09. The number of aliphatic imine (C=N–C) groups is 1. The van der Waals surface area contributed by atoms with Gasteiger partial charge in [0.15, 0.2) is 0 Å². The number of hydrogen-bond donors (Lipinski definition) is 1. The number of nitrogens with zero attached hydrogens (tertiary/aromatic N) is 1. The van der Waals surface area contributed by atoms with Crippen LogP contribution in [0.25, 0.3) is 0 Å². The van der Waals surface area contributed by atoms with Crippen molar-refractivity contribution in [3.05, 3.63) is 12.2 Å². The maximum Gasteiger partial charge on any atom is 0.0385 e. The molecule has 0 saturated heterocycles. The molecule has 0 spiro atoms. The number of hydrogen-bond acceptors (Lipinski definition) is 2. The van der Waals surface area contributed by atoms with E-state index in [9.17, 15) is 0 Å². The number of unbranched alkanes of at least 4 members (excludes halogenated alkanes) is 12. The summed E-state index contributed by atoms with van der Waals surface area (Å²) in [4.78, 5) is 4.50. The molecule has 0 fully saturated rings. The molecule has 26 heavy (non-hydrogen) atoms. The Balaban J connectivity index is 3.10. The third-order valence-corrected chi connectivity index (χ3v) is 4.81. The summed E-state index contributed by atoms with van der Waals surface area (Å²) in [5.74, 6) is 0. The molecule has 0 aliphatic heterocycles. The van der Waals surface area contributed by atoms with Crippen molar-refractivity contribution < 1.29 is 0 Å². The molecule has 0 radical (unpaired) electrons. The molecule has 2 heteroatoms. The van der Waals surface area contributed by atoms with Gasteiger partial charge in [0.25, 0.3) is 0 Å². The zero-order valence-corrected chi connectivity index (χ0v) is 18.1. The molecule has 2 nitrogen and oxygen atoms in total. The van der Waals surface area contributed by atoms with Crippen LogP contribution in [0.3, 0.4) is 0 Å². The van der Waals surface area contributed by atoms with Crippen LogP contribution in [-0.2, 0) is 0 Å². The second kappa shape index (κ2) is 24.4. The van der Waals surface area contributed by atoms with Crippen molar-refractivity contribution in [1.29, 1.82) is 0 Å². The number of allylic oxidation sites excluding steroid dienone is 2. The van der Waals surface area contributed by atoms with Gasteiger partial charge in [-0.25, -0.2) is 0 Å². The van der Waals surface area contributed by atoms with Crippen LogP contribution < -0.4 is 5.32 Å². The topological polar surface area (TPSA) is 24.4 Å². The largest absolute Gasteiger partial charge is 0.316 e. The first-order chi connectivity index (χ1) is 12.9. The second-order valence-electron chi connectivity index (χ2n) is 7.57. The Morgan fingerprint density at radius 3 is 1.77 bits per heavy atom. The van der Waals surface area contributed by atoms with E-state index in [1.165, 1.54) is 96.3 Å². The smallest absolute Gasteiger partial charge is 0.0385 e. The monoisotopic (exact) mass is 364 g/mol. The molecule has 0 aliphatic carbocycles. The van der Waals surface area contributed by atoms with Gasteiger partial charge in [0.2, 0.25) is 0 Å². The Bertz CT molecular complexity index is 297. The first kappa shape index (κ1) is 25.4. The van der Waals surface area contributed by atoms with Crippen molar-refractivity contribution in [3.63, 3.8) is 0 Å². The van der Waals surface area contributed by atoms with Gasteiger partial charge in [-0.2, -0.15) is 0 Å². The lowest BCUT2D eigenvalue weighted by molar-refractivity contribution is 0.599. The van der Waals surface area contributed by atoms with E-state index >= 15 is 0 Å². The molecule has 0 aliphatic rings. The van der Waals surface area contributed by atoms with Gasteiger partial charge >= 0.3 is 0 Å². The molecule has 0 bridgehead atoms. The van der Waals surface area contributed by atoms with Crippen LogP contribution in [0.5, 0.6) is 0 Å². The fourth-order valence-corrected chi connectivity index (χ4v) is 3.10. The minimum atomic E-state index is 1.02. The third-order valence-electron chi connectivity index (χ3n) is 4.81. The number of nitrogens with one attached hydrogen (secondary N) is 1. The van der Waals surface area contributed by atoms with Gasteiger partial charge in [-0.1, -0.05) is 83.8 Å².